The Morgan fingerprint density at radius 1 is 1.14 bits per heavy atom. The number of nitrogens with one attached hydrogen (secondary N) is 2. The van der Waals surface area contributed by atoms with E-state index in [-0.39, 0.29) is 11.8 Å². The van der Waals surface area contributed by atoms with Crippen molar-refractivity contribution in [2.75, 3.05) is 25.6 Å². The fraction of sp³-hybridized carbons (Fsp3) is 0.938. The van der Waals surface area contributed by atoms with E-state index in [1.807, 2.05) is 6.92 Å². The zero-order valence-electron chi connectivity index (χ0n) is 15.0. The van der Waals surface area contributed by atoms with Crippen molar-refractivity contribution in [3.63, 3.8) is 0 Å². The molecule has 0 aliphatic rings. The minimum atomic E-state index is -2.91. The summed E-state index contributed by atoms with van der Waals surface area (Å²) in [5.41, 5.74) is 0. The van der Waals surface area contributed by atoms with Gasteiger partial charge in [-0.05, 0) is 32.1 Å². The minimum Gasteiger partial charge on any atom is -0.356 e. The van der Waals surface area contributed by atoms with Gasteiger partial charge in [-0.1, -0.05) is 33.1 Å². The van der Waals surface area contributed by atoms with Crippen molar-refractivity contribution in [1.29, 1.82) is 0 Å². The number of hydrogen-bond donors (Lipinski definition) is 2. The molecule has 22 heavy (non-hydrogen) atoms. The van der Waals surface area contributed by atoms with Crippen LogP contribution in [0, 0.1) is 5.92 Å². The molecule has 0 saturated carbocycles. The van der Waals surface area contributed by atoms with E-state index >= 15 is 0 Å². The largest absolute Gasteiger partial charge is 0.356 e. The highest BCUT2D eigenvalue weighted by molar-refractivity contribution is 7.90. The summed E-state index contributed by atoms with van der Waals surface area (Å²) in [7, 11) is -1.16. The second-order valence-corrected chi connectivity index (χ2v) is 8.47. The molecular formula is C16H35N3O2S. The molecule has 2 N–H and O–H groups in total. The number of hydrogen-bond acceptors (Lipinski definition) is 3. The summed E-state index contributed by atoms with van der Waals surface area (Å²) in [5, 5.41) is 6.65. The van der Waals surface area contributed by atoms with Crippen LogP contribution in [0.15, 0.2) is 4.99 Å². The molecule has 0 aromatic heterocycles. The van der Waals surface area contributed by atoms with Crippen molar-refractivity contribution < 1.29 is 8.42 Å². The fourth-order valence-electron chi connectivity index (χ4n) is 2.38. The molecule has 6 heteroatoms. The van der Waals surface area contributed by atoms with Gasteiger partial charge in [-0.25, -0.2) is 8.42 Å². The van der Waals surface area contributed by atoms with Crippen molar-refractivity contribution in [2.24, 2.45) is 10.9 Å². The van der Waals surface area contributed by atoms with Gasteiger partial charge in [0.25, 0.3) is 0 Å². The van der Waals surface area contributed by atoms with Crippen LogP contribution in [-0.2, 0) is 9.84 Å². The summed E-state index contributed by atoms with van der Waals surface area (Å²) in [6, 6.07) is 0.0844. The predicted molar refractivity (Wildman–Crippen MR) is 96.2 cm³/mol. The number of sulfone groups is 1. The second kappa shape index (κ2) is 11.7. The number of rotatable bonds is 11. The summed E-state index contributed by atoms with van der Waals surface area (Å²) in [6.07, 6.45) is 8.04. The third-order valence-corrected chi connectivity index (χ3v) is 4.73. The van der Waals surface area contributed by atoms with E-state index in [0.717, 1.165) is 12.5 Å². The summed E-state index contributed by atoms with van der Waals surface area (Å²) in [5.74, 6) is 1.64. The molecule has 0 bridgehead atoms. The lowest BCUT2D eigenvalue weighted by Crippen LogP contribution is -2.44. The van der Waals surface area contributed by atoms with Gasteiger partial charge in [0, 0.05) is 25.9 Å². The molecule has 0 amide bonds. The zero-order valence-corrected chi connectivity index (χ0v) is 15.8. The Morgan fingerprint density at radius 2 is 1.82 bits per heavy atom. The van der Waals surface area contributed by atoms with Gasteiger partial charge in [0.05, 0.1) is 5.75 Å². The number of unbranched alkanes of at least 4 members (excludes halogenated alkanes) is 1. The molecule has 0 aliphatic carbocycles. The highest BCUT2D eigenvalue weighted by Crippen LogP contribution is 2.13. The van der Waals surface area contributed by atoms with Gasteiger partial charge in [0.1, 0.15) is 9.84 Å². The second-order valence-electron chi connectivity index (χ2n) is 6.21. The molecule has 0 aromatic rings. The lowest BCUT2D eigenvalue weighted by atomic mass is 9.97. The molecule has 5 nitrogen and oxygen atoms in total. The number of aliphatic imine (C=N–C) groups is 1. The van der Waals surface area contributed by atoms with Crippen LogP contribution < -0.4 is 10.6 Å². The molecule has 0 saturated heterocycles. The third-order valence-electron chi connectivity index (χ3n) is 3.75. The molecule has 0 spiro atoms. The molecule has 0 aromatic carbocycles. The minimum absolute atomic E-state index is 0.0844. The molecule has 132 valence electrons. The van der Waals surface area contributed by atoms with Crippen molar-refractivity contribution in [3.8, 4) is 0 Å². The van der Waals surface area contributed by atoms with Crippen LogP contribution in [0.2, 0.25) is 0 Å². The van der Waals surface area contributed by atoms with E-state index in [0.29, 0.717) is 12.3 Å². The Morgan fingerprint density at radius 3 is 2.32 bits per heavy atom. The normalized spacial score (nSPS) is 15.4. The van der Waals surface area contributed by atoms with E-state index in [1.165, 1.54) is 38.4 Å². The van der Waals surface area contributed by atoms with Gasteiger partial charge >= 0.3 is 0 Å². The fourth-order valence-corrected chi connectivity index (χ4v) is 3.16. The predicted octanol–water partition coefficient (Wildman–Crippen LogP) is 2.58. The summed E-state index contributed by atoms with van der Waals surface area (Å²) in [6.45, 7) is 7.35. The monoisotopic (exact) mass is 333 g/mol. The molecular weight excluding hydrogens is 298 g/mol. The molecule has 2 unspecified atom stereocenters. The quantitative estimate of drug-likeness (QED) is 0.450. The molecule has 0 heterocycles. The van der Waals surface area contributed by atoms with Gasteiger partial charge in [0.2, 0.25) is 0 Å². The lowest BCUT2D eigenvalue weighted by Gasteiger charge is -2.21. The van der Waals surface area contributed by atoms with Crippen molar-refractivity contribution in [2.45, 2.75) is 65.3 Å². The van der Waals surface area contributed by atoms with Crippen LogP contribution in [0.5, 0.6) is 0 Å². The smallest absolute Gasteiger partial charge is 0.191 e. The van der Waals surface area contributed by atoms with E-state index in [4.69, 9.17) is 0 Å². The highest BCUT2D eigenvalue weighted by Gasteiger charge is 2.11. The van der Waals surface area contributed by atoms with Crippen LogP contribution >= 0.6 is 0 Å². The Labute approximate surface area is 137 Å². The standard InChI is InChI=1S/C16H35N3O2S/c1-6-8-10-15(9-7-2)13-18-16(17-4)19-14(3)11-12-22(5,20)21/h14-15H,6-13H2,1-5H3,(H2,17,18,19). The first kappa shape index (κ1) is 21.2. The third kappa shape index (κ3) is 11.8. The average Bonchev–Trinajstić information content (AvgIpc) is 2.45. The molecule has 0 radical (unpaired) electrons. The maximum Gasteiger partial charge on any atom is 0.191 e. The molecule has 0 fully saturated rings. The lowest BCUT2D eigenvalue weighted by molar-refractivity contribution is 0.422. The topological polar surface area (TPSA) is 70.6 Å². The van der Waals surface area contributed by atoms with Crippen LogP contribution in [0.25, 0.3) is 0 Å². The summed E-state index contributed by atoms with van der Waals surface area (Å²) in [4.78, 5) is 4.23. The highest BCUT2D eigenvalue weighted by atomic mass is 32.2. The first-order valence-electron chi connectivity index (χ1n) is 8.47. The summed E-state index contributed by atoms with van der Waals surface area (Å²) < 4.78 is 22.4. The van der Waals surface area contributed by atoms with Crippen LogP contribution in [0.3, 0.4) is 0 Å². The van der Waals surface area contributed by atoms with Gasteiger partial charge in [-0.3, -0.25) is 4.99 Å². The average molecular weight is 334 g/mol. The van der Waals surface area contributed by atoms with E-state index in [1.54, 1.807) is 7.05 Å². The number of guanidine groups is 1. The van der Waals surface area contributed by atoms with Crippen LogP contribution in [0.4, 0.5) is 0 Å². The van der Waals surface area contributed by atoms with Gasteiger partial charge in [0.15, 0.2) is 5.96 Å². The Hall–Kier alpha value is -0.780. The van der Waals surface area contributed by atoms with Crippen LogP contribution in [0.1, 0.15) is 59.3 Å². The maximum absolute atomic E-state index is 11.2. The van der Waals surface area contributed by atoms with Gasteiger partial charge in [-0.2, -0.15) is 0 Å². The zero-order chi connectivity index (χ0) is 17.0. The van der Waals surface area contributed by atoms with E-state index in [2.05, 4.69) is 29.5 Å². The van der Waals surface area contributed by atoms with E-state index in [9.17, 15) is 8.42 Å². The Kier molecular flexibility index (Phi) is 11.3. The van der Waals surface area contributed by atoms with Gasteiger partial charge in [-0.15, -0.1) is 0 Å². The first-order valence-corrected chi connectivity index (χ1v) is 10.5. The SMILES string of the molecule is CCCCC(CCC)CNC(=NC)NC(C)CCS(C)(=O)=O. The molecule has 2 atom stereocenters. The van der Waals surface area contributed by atoms with Crippen molar-refractivity contribution in [1.82, 2.24) is 10.6 Å². The molecule has 0 rings (SSSR count). The van der Waals surface area contributed by atoms with E-state index < -0.39 is 9.84 Å². The number of nitrogens with zero attached hydrogens (tertiary/aromatic N) is 1. The maximum atomic E-state index is 11.2. The summed E-state index contributed by atoms with van der Waals surface area (Å²) >= 11 is 0. The Balaban J connectivity index is 4.23. The first-order chi connectivity index (χ1) is 10.3. The van der Waals surface area contributed by atoms with Gasteiger partial charge < -0.3 is 10.6 Å². The molecule has 0 aliphatic heterocycles. The van der Waals surface area contributed by atoms with Crippen LogP contribution in [-0.4, -0.2) is 46.0 Å². The Bertz CT molecular complexity index is 408. The van der Waals surface area contributed by atoms with Crippen molar-refractivity contribution >= 4 is 15.8 Å². The van der Waals surface area contributed by atoms with Crippen molar-refractivity contribution in [3.05, 3.63) is 0 Å².